The Bertz CT molecular complexity index is 930. The van der Waals surface area contributed by atoms with Gasteiger partial charge in [-0.15, -0.1) is 0 Å². The van der Waals surface area contributed by atoms with Crippen LogP contribution in [0.25, 0.3) is 0 Å². The lowest BCUT2D eigenvalue weighted by molar-refractivity contribution is -0.244. The van der Waals surface area contributed by atoms with Gasteiger partial charge in [0.25, 0.3) is 0 Å². The lowest BCUT2D eigenvalue weighted by Crippen LogP contribution is -2.68. The van der Waals surface area contributed by atoms with Crippen LogP contribution in [0.5, 0.6) is 0 Å². The van der Waals surface area contributed by atoms with Gasteiger partial charge in [0.2, 0.25) is 0 Å². The number of aliphatic hydroxyl groups excluding tert-OH is 3. The first-order valence-corrected chi connectivity index (χ1v) is 14.1. The van der Waals surface area contributed by atoms with Crippen LogP contribution in [0.2, 0.25) is 0 Å². The molecule has 5 aliphatic rings. The van der Waals surface area contributed by atoms with Crippen LogP contribution in [0.1, 0.15) is 92.9 Å². The van der Waals surface area contributed by atoms with E-state index in [4.69, 9.17) is 0 Å². The van der Waals surface area contributed by atoms with Crippen LogP contribution >= 0.6 is 0 Å². The van der Waals surface area contributed by atoms with Crippen molar-refractivity contribution in [2.24, 2.45) is 56.7 Å². The van der Waals surface area contributed by atoms with Crippen molar-refractivity contribution in [2.75, 3.05) is 6.61 Å². The fraction of sp³-hybridized carbons (Fsp3) is 0.900. The molecule has 198 valence electrons. The average molecular weight is 489 g/mol. The van der Waals surface area contributed by atoms with Crippen molar-refractivity contribution in [3.63, 3.8) is 0 Å². The Morgan fingerprint density at radius 3 is 2.31 bits per heavy atom. The molecule has 5 aliphatic carbocycles. The van der Waals surface area contributed by atoms with Gasteiger partial charge in [-0.05, 0) is 97.2 Å². The van der Waals surface area contributed by atoms with Crippen LogP contribution in [0, 0.1) is 56.7 Å². The lowest BCUT2D eigenvalue weighted by atomic mass is 9.33. The summed E-state index contributed by atoms with van der Waals surface area (Å²) in [6.45, 7) is 13.6. The highest BCUT2D eigenvalue weighted by molar-refractivity contribution is 5.76. The molecule has 0 heterocycles. The number of carboxylic acids is 1. The second-order valence-electron chi connectivity index (χ2n) is 14.5. The highest BCUT2D eigenvalue weighted by Gasteiger charge is 2.70. The summed E-state index contributed by atoms with van der Waals surface area (Å²) in [5.74, 6) is 0.828. The lowest BCUT2D eigenvalue weighted by Gasteiger charge is -2.71. The van der Waals surface area contributed by atoms with E-state index >= 15 is 0 Å². The van der Waals surface area contributed by atoms with Crippen LogP contribution in [-0.4, -0.2) is 45.2 Å². The monoisotopic (exact) mass is 488 g/mol. The third-order valence-corrected chi connectivity index (χ3v) is 13.5. The van der Waals surface area contributed by atoms with Crippen molar-refractivity contribution >= 4 is 5.97 Å². The zero-order valence-corrected chi connectivity index (χ0v) is 22.7. The van der Waals surface area contributed by atoms with Crippen LogP contribution < -0.4 is 0 Å². The maximum Gasteiger partial charge on any atom is 0.310 e. The first-order valence-electron chi connectivity index (χ1n) is 14.1. The molecule has 0 unspecified atom stereocenters. The molecule has 0 amide bonds. The third-order valence-electron chi connectivity index (χ3n) is 13.5. The molecule has 5 heteroatoms. The van der Waals surface area contributed by atoms with E-state index in [1.807, 2.05) is 6.92 Å². The summed E-state index contributed by atoms with van der Waals surface area (Å²) in [4.78, 5) is 12.8. The molecule has 0 saturated heterocycles. The van der Waals surface area contributed by atoms with Gasteiger partial charge < -0.3 is 20.4 Å². The smallest absolute Gasteiger partial charge is 0.310 e. The predicted octanol–water partition coefficient (Wildman–Crippen LogP) is 5.03. The van der Waals surface area contributed by atoms with E-state index in [-0.39, 0.29) is 34.7 Å². The number of carboxylic acid groups (broad SMARTS) is 1. The molecule has 0 aliphatic heterocycles. The minimum absolute atomic E-state index is 0.00815. The number of hydrogen-bond acceptors (Lipinski definition) is 4. The van der Waals surface area contributed by atoms with Gasteiger partial charge in [0.15, 0.2) is 0 Å². The van der Waals surface area contributed by atoms with E-state index in [1.54, 1.807) is 0 Å². The molecule has 0 aromatic rings. The predicted molar refractivity (Wildman–Crippen MR) is 135 cm³/mol. The Labute approximate surface area is 211 Å². The number of carbonyl (C=O) groups is 1. The van der Waals surface area contributed by atoms with Gasteiger partial charge >= 0.3 is 5.97 Å². The van der Waals surface area contributed by atoms with Gasteiger partial charge in [-0.1, -0.05) is 53.2 Å². The van der Waals surface area contributed by atoms with Crippen molar-refractivity contribution < 1.29 is 25.2 Å². The quantitative estimate of drug-likeness (QED) is 0.409. The van der Waals surface area contributed by atoms with Gasteiger partial charge in [-0.25, -0.2) is 0 Å². The first kappa shape index (κ1) is 25.7. The molecule has 5 nitrogen and oxygen atoms in total. The highest BCUT2D eigenvalue weighted by atomic mass is 16.4. The van der Waals surface area contributed by atoms with E-state index in [0.717, 1.165) is 44.9 Å². The summed E-state index contributed by atoms with van der Waals surface area (Å²) in [5.41, 5.74) is -0.214. The Kier molecular flexibility index (Phi) is 5.73. The maximum absolute atomic E-state index is 12.8. The van der Waals surface area contributed by atoms with Crippen molar-refractivity contribution in [1.29, 1.82) is 0 Å². The fourth-order valence-electron chi connectivity index (χ4n) is 11.0. The zero-order chi connectivity index (χ0) is 25.8. The molecule has 0 spiro atoms. The van der Waals surface area contributed by atoms with Gasteiger partial charge in [0, 0.05) is 5.41 Å². The molecule has 12 atom stereocenters. The van der Waals surface area contributed by atoms with Crippen molar-refractivity contribution in [3.05, 3.63) is 11.6 Å². The van der Waals surface area contributed by atoms with Crippen molar-refractivity contribution in [2.45, 2.75) is 105 Å². The summed E-state index contributed by atoms with van der Waals surface area (Å²) in [5, 5.41) is 42.9. The molecule has 0 bridgehead atoms. The molecule has 35 heavy (non-hydrogen) atoms. The summed E-state index contributed by atoms with van der Waals surface area (Å²) in [6.07, 6.45) is 7.51. The normalized spacial score (nSPS) is 57.7. The van der Waals surface area contributed by atoms with Gasteiger partial charge in [0.05, 0.1) is 24.2 Å². The number of aliphatic hydroxyl groups is 3. The SMILES string of the molecule is C[C@@H]1[C@H](C)CC[C@]2(C(=O)O)CC[C@]3(C)C(=CC[C@H]4[C@]5(C)C[C@H](O)[C@@H](O)[C@@](C)(CO)[C@@H]5CC[C@@]43C)[C@H]12. The Balaban J connectivity index is 1.62. The van der Waals surface area contributed by atoms with Gasteiger partial charge in [-0.3, -0.25) is 4.79 Å². The highest BCUT2D eigenvalue weighted by Crippen LogP contribution is 2.75. The Morgan fingerprint density at radius 2 is 1.69 bits per heavy atom. The molecule has 0 radical (unpaired) electrons. The Hall–Kier alpha value is -0.910. The number of aliphatic carboxylic acids is 1. The summed E-state index contributed by atoms with van der Waals surface area (Å²) in [7, 11) is 0. The van der Waals surface area contributed by atoms with E-state index in [0.29, 0.717) is 24.2 Å². The summed E-state index contributed by atoms with van der Waals surface area (Å²) >= 11 is 0. The fourth-order valence-corrected chi connectivity index (χ4v) is 11.0. The van der Waals surface area contributed by atoms with Crippen LogP contribution in [-0.2, 0) is 4.79 Å². The number of rotatable bonds is 2. The molecule has 0 aromatic heterocycles. The van der Waals surface area contributed by atoms with E-state index < -0.39 is 29.0 Å². The summed E-state index contributed by atoms with van der Waals surface area (Å²) in [6, 6.07) is 0. The average Bonchev–Trinajstić information content (AvgIpc) is 2.80. The minimum Gasteiger partial charge on any atom is -0.481 e. The Morgan fingerprint density at radius 1 is 1.00 bits per heavy atom. The molecule has 4 N–H and O–H groups in total. The minimum atomic E-state index is -0.907. The second-order valence-corrected chi connectivity index (χ2v) is 14.5. The molecule has 4 saturated carbocycles. The van der Waals surface area contributed by atoms with Crippen molar-refractivity contribution in [1.82, 2.24) is 0 Å². The largest absolute Gasteiger partial charge is 0.481 e. The molecular formula is C30H48O5. The first-order chi connectivity index (χ1) is 16.2. The number of allylic oxidation sites excluding steroid dienone is 2. The summed E-state index contributed by atoms with van der Waals surface area (Å²) < 4.78 is 0. The zero-order valence-electron chi connectivity index (χ0n) is 22.7. The van der Waals surface area contributed by atoms with E-state index in [1.165, 1.54) is 5.57 Å². The molecule has 0 aromatic carbocycles. The molecule has 5 rings (SSSR count). The van der Waals surface area contributed by atoms with E-state index in [2.05, 4.69) is 40.7 Å². The topological polar surface area (TPSA) is 98.0 Å². The second kappa shape index (κ2) is 7.80. The van der Waals surface area contributed by atoms with Crippen molar-refractivity contribution in [3.8, 4) is 0 Å². The third kappa shape index (κ3) is 2.95. The van der Waals surface area contributed by atoms with Crippen LogP contribution in [0.4, 0.5) is 0 Å². The standard InChI is InChI=1S/C30H48O5/c1-17-9-12-30(25(34)35)14-13-28(5)19(23(30)18(17)2)7-8-22-26(3)15-20(32)24(33)27(4,16-31)21(26)10-11-29(22,28)6/h7,17-18,20-24,31-33H,8-16H2,1-6H3,(H,34,35)/t17-,18-,20+,21-,22+,23+,24-,26-,27+,28-,29+,30+/m1/s1. The van der Waals surface area contributed by atoms with E-state index in [9.17, 15) is 25.2 Å². The molecular weight excluding hydrogens is 440 g/mol. The van der Waals surface area contributed by atoms with Gasteiger partial charge in [0.1, 0.15) is 0 Å². The number of hydrogen-bond donors (Lipinski definition) is 4. The van der Waals surface area contributed by atoms with Crippen LogP contribution in [0.3, 0.4) is 0 Å². The van der Waals surface area contributed by atoms with Crippen LogP contribution in [0.15, 0.2) is 11.6 Å². The number of fused-ring (bicyclic) bond motifs is 7. The maximum atomic E-state index is 12.8. The molecule has 4 fully saturated rings. The van der Waals surface area contributed by atoms with Gasteiger partial charge in [-0.2, -0.15) is 0 Å².